The Bertz CT molecular complexity index is 1120. The normalized spacial score (nSPS) is 11.2. The summed E-state index contributed by atoms with van der Waals surface area (Å²) < 4.78 is 8.27. The molecule has 0 aliphatic rings. The quantitative estimate of drug-likeness (QED) is 0.617. The maximum absolute atomic E-state index is 12.6. The number of hydrogen-bond acceptors (Lipinski definition) is 4. The van der Waals surface area contributed by atoms with Gasteiger partial charge in [-0.2, -0.15) is 5.10 Å². The average molecular weight is 336 g/mol. The van der Waals surface area contributed by atoms with Crippen molar-refractivity contribution in [2.75, 3.05) is 0 Å². The van der Waals surface area contributed by atoms with Gasteiger partial charge in [0.2, 0.25) is 5.91 Å². The lowest BCUT2D eigenvalue weighted by molar-refractivity contribution is -0.122. The molecule has 0 radical (unpaired) electrons. The van der Waals surface area contributed by atoms with Crippen LogP contribution in [-0.4, -0.2) is 20.1 Å². The smallest absolute Gasteiger partial charge is 0.291 e. The molecule has 0 atom stereocenters. The van der Waals surface area contributed by atoms with Gasteiger partial charge in [-0.15, -0.1) is 0 Å². The highest BCUT2D eigenvalue weighted by Crippen LogP contribution is 2.19. The largest absolute Gasteiger partial charge is 0.463 e. The average Bonchev–Trinajstić information content (AvgIpc) is 3.19. The van der Waals surface area contributed by atoms with Gasteiger partial charge in [-0.05, 0) is 12.5 Å². The van der Waals surface area contributed by atoms with Gasteiger partial charge in [0.1, 0.15) is 17.9 Å². The van der Waals surface area contributed by atoms with Crippen molar-refractivity contribution in [2.45, 2.75) is 20.0 Å². The summed E-state index contributed by atoms with van der Waals surface area (Å²) in [5, 5.41) is 7.06. The highest BCUT2D eigenvalue weighted by molar-refractivity contribution is 5.82. The van der Waals surface area contributed by atoms with Gasteiger partial charge in [-0.1, -0.05) is 30.3 Å². The third-order valence-electron chi connectivity index (χ3n) is 4.09. The van der Waals surface area contributed by atoms with Gasteiger partial charge in [0.25, 0.3) is 5.56 Å². The second-order valence-corrected chi connectivity index (χ2v) is 5.81. The Morgan fingerprint density at radius 3 is 2.80 bits per heavy atom. The molecule has 1 amide bonds. The predicted molar refractivity (Wildman–Crippen MR) is 92.2 cm³/mol. The fraction of sp³-hybridized carbons (Fsp3) is 0.167. The number of aryl methyl sites for hydroxylation is 1. The highest BCUT2D eigenvalue weighted by atomic mass is 16.3. The Morgan fingerprint density at radius 2 is 2.00 bits per heavy atom. The molecule has 7 nitrogen and oxygen atoms in total. The van der Waals surface area contributed by atoms with E-state index in [0.29, 0.717) is 23.5 Å². The Balaban J connectivity index is 1.60. The number of furan rings is 1. The van der Waals surface area contributed by atoms with Gasteiger partial charge in [-0.25, -0.2) is 4.68 Å². The maximum Gasteiger partial charge on any atom is 0.291 e. The van der Waals surface area contributed by atoms with Crippen LogP contribution in [0.2, 0.25) is 0 Å². The maximum atomic E-state index is 12.6. The molecule has 1 aromatic carbocycles. The van der Waals surface area contributed by atoms with E-state index in [1.165, 1.54) is 4.68 Å². The van der Waals surface area contributed by atoms with Crippen LogP contribution < -0.4 is 10.9 Å². The minimum Gasteiger partial charge on any atom is -0.463 e. The topological polar surface area (TPSA) is 81.5 Å². The molecule has 0 aliphatic heterocycles. The molecule has 3 aromatic heterocycles. The molecule has 0 spiro atoms. The van der Waals surface area contributed by atoms with E-state index in [2.05, 4.69) is 10.4 Å². The molecule has 0 aliphatic carbocycles. The number of carbonyl (C=O) groups is 1. The van der Waals surface area contributed by atoms with E-state index < -0.39 is 0 Å². The van der Waals surface area contributed by atoms with Crippen LogP contribution in [0.3, 0.4) is 0 Å². The van der Waals surface area contributed by atoms with E-state index in [0.717, 1.165) is 11.1 Å². The molecule has 0 bridgehead atoms. The zero-order chi connectivity index (χ0) is 17.4. The minimum atomic E-state index is -0.327. The molecule has 0 saturated carbocycles. The van der Waals surface area contributed by atoms with Crippen molar-refractivity contribution in [3.63, 3.8) is 0 Å². The summed E-state index contributed by atoms with van der Waals surface area (Å²) in [5.74, 6) is 0.347. The van der Waals surface area contributed by atoms with Gasteiger partial charge in [0.05, 0.1) is 11.8 Å². The van der Waals surface area contributed by atoms with E-state index in [1.54, 1.807) is 29.7 Å². The summed E-state index contributed by atoms with van der Waals surface area (Å²) in [5.41, 5.74) is 2.52. The molecule has 4 rings (SSSR count). The first-order valence-corrected chi connectivity index (χ1v) is 7.90. The number of benzene rings is 1. The number of rotatable bonds is 4. The van der Waals surface area contributed by atoms with Crippen LogP contribution in [0.5, 0.6) is 0 Å². The minimum absolute atomic E-state index is 0.129. The molecule has 0 saturated heterocycles. The van der Waals surface area contributed by atoms with Crippen LogP contribution in [0.15, 0.2) is 57.9 Å². The van der Waals surface area contributed by atoms with Gasteiger partial charge < -0.3 is 9.73 Å². The molecule has 0 unspecified atom stereocenters. The molecule has 3 heterocycles. The Hall–Kier alpha value is -3.35. The van der Waals surface area contributed by atoms with Gasteiger partial charge in [0.15, 0.2) is 5.58 Å². The number of amides is 1. The van der Waals surface area contributed by atoms with E-state index in [1.807, 2.05) is 30.3 Å². The van der Waals surface area contributed by atoms with Crippen molar-refractivity contribution in [2.24, 2.45) is 0 Å². The van der Waals surface area contributed by atoms with E-state index >= 15 is 0 Å². The predicted octanol–water partition coefficient (Wildman–Crippen LogP) is 1.87. The third-order valence-corrected chi connectivity index (χ3v) is 4.09. The van der Waals surface area contributed by atoms with Crippen LogP contribution in [0, 0.1) is 6.92 Å². The number of nitrogens with zero attached hydrogens (tertiary/aromatic N) is 3. The van der Waals surface area contributed by atoms with Crippen LogP contribution in [-0.2, 0) is 17.9 Å². The fourth-order valence-electron chi connectivity index (χ4n) is 2.92. The van der Waals surface area contributed by atoms with Crippen LogP contribution in [0.4, 0.5) is 0 Å². The zero-order valence-electron chi connectivity index (χ0n) is 13.6. The van der Waals surface area contributed by atoms with Gasteiger partial charge in [0, 0.05) is 18.7 Å². The molecular weight excluding hydrogens is 320 g/mol. The molecule has 126 valence electrons. The summed E-state index contributed by atoms with van der Waals surface area (Å²) in [6.45, 7) is 2.07. The summed E-state index contributed by atoms with van der Waals surface area (Å²) in [6.07, 6.45) is 1.57. The molecule has 4 aromatic rings. The summed E-state index contributed by atoms with van der Waals surface area (Å²) in [4.78, 5) is 24.8. The first kappa shape index (κ1) is 15.2. The molecule has 7 heteroatoms. The summed E-state index contributed by atoms with van der Waals surface area (Å²) in [6, 6.07) is 13.0. The van der Waals surface area contributed by atoms with Crippen molar-refractivity contribution in [3.8, 4) is 0 Å². The number of nitrogens with one attached hydrogen (secondary N) is 1. The van der Waals surface area contributed by atoms with E-state index in [9.17, 15) is 9.59 Å². The van der Waals surface area contributed by atoms with E-state index in [-0.39, 0.29) is 18.0 Å². The first-order valence-electron chi connectivity index (χ1n) is 7.90. The van der Waals surface area contributed by atoms with Crippen LogP contribution in [0.1, 0.15) is 11.4 Å². The zero-order valence-corrected chi connectivity index (χ0v) is 13.6. The molecular formula is C18H16N4O3. The van der Waals surface area contributed by atoms with Crippen molar-refractivity contribution < 1.29 is 9.21 Å². The fourth-order valence-corrected chi connectivity index (χ4v) is 2.92. The summed E-state index contributed by atoms with van der Waals surface area (Å²) >= 11 is 0. The standard InChI is InChI=1S/C18H16N4O3/c1-12-20-21(11-17(23)19-10-13-5-3-2-4-6-13)18(24)15-9-16-14(22(12)15)7-8-25-16/h2-9H,10-11H2,1H3,(H,19,23). The van der Waals surface area contributed by atoms with Crippen molar-refractivity contribution >= 4 is 22.5 Å². The molecule has 25 heavy (non-hydrogen) atoms. The lowest BCUT2D eigenvalue weighted by atomic mass is 10.2. The SMILES string of the molecule is Cc1nn(CC(=O)NCc2ccccc2)c(=O)c2cc3occc3n12. The Kier molecular flexibility index (Phi) is 3.61. The molecule has 0 fully saturated rings. The van der Waals surface area contributed by atoms with Crippen molar-refractivity contribution in [1.82, 2.24) is 19.5 Å². The van der Waals surface area contributed by atoms with Crippen molar-refractivity contribution in [3.05, 3.63) is 70.5 Å². The van der Waals surface area contributed by atoms with Crippen LogP contribution in [0.25, 0.3) is 16.6 Å². The number of aromatic nitrogens is 3. The third kappa shape index (κ3) is 2.69. The Labute approximate surface area is 142 Å². The van der Waals surface area contributed by atoms with Crippen LogP contribution >= 0.6 is 0 Å². The van der Waals surface area contributed by atoms with Gasteiger partial charge in [-0.3, -0.25) is 14.0 Å². The first-order chi connectivity index (χ1) is 12.1. The second-order valence-electron chi connectivity index (χ2n) is 5.81. The van der Waals surface area contributed by atoms with E-state index in [4.69, 9.17) is 4.42 Å². The number of hydrogen-bond donors (Lipinski definition) is 1. The monoisotopic (exact) mass is 336 g/mol. The molecule has 1 N–H and O–H groups in total. The lowest BCUT2D eigenvalue weighted by Crippen LogP contribution is -2.34. The number of carbonyl (C=O) groups excluding carboxylic acids is 1. The second kappa shape index (κ2) is 5.94. The highest BCUT2D eigenvalue weighted by Gasteiger charge is 2.15. The Morgan fingerprint density at radius 1 is 1.20 bits per heavy atom. The number of fused-ring (bicyclic) bond motifs is 3. The summed E-state index contributed by atoms with van der Waals surface area (Å²) in [7, 11) is 0. The van der Waals surface area contributed by atoms with Gasteiger partial charge >= 0.3 is 0 Å². The van der Waals surface area contributed by atoms with Crippen molar-refractivity contribution in [1.29, 1.82) is 0 Å². The lowest BCUT2D eigenvalue weighted by Gasteiger charge is -2.09.